The fourth-order valence-corrected chi connectivity index (χ4v) is 3.17. The number of aromatic hydroxyl groups is 1. The molecule has 150 valence electrons. The summed E-state index contributed by atoms with van der Waals surface area (Å²) in [6, 6.07) is 4.94. The Morgan fingerprint density at radius 3 is 2.15 bits per heavy atom. The van der Waals surface area contributed by atoms with Crippen LogP contribution in [0.1, 0.15) is 93.5 Å². The Kier molecular flexibility index (Phi) is 12.8. The van der Waals surface area contributed by atoms with Crippen molar-refractivity contribution >= 4 is 5.97 Å². The summed E-state index contributed by atoms with van der Waals surface area (Å²) < 4.78 is 0. The van der Waals surface area contributed by atoms with Crippen molar-refractivity contribution in [1.82, 2.24) is 0 Å². The Morgan fingerprint density at radius 2 is 1.52 bits per heavy atom. The summed E-state index contributed by atoms with van der Waals surface area (Å²) in [6.45, 7) is 2.24. The second-order valence-corrected chi connectivity index (χ2v) is 7.10. The lowest BCUT2D eigenvalue weighted by atomic mass is 10.00. The predicted octanol–water partition coefficient (Wildman–Crippen LogP) is 7.06. The van der Waals surface area contributed by atoms with Crippen molar-refractivity contribution in [2.24, 2.45) is 0 Å². The van der Waals surface area contributed by atoms with E-state index < -0.39 is 5.97 Å². The minimum Gasteiger partial charge on any atom is -0.507 e. The summed E-state index contributed by atoms with van der Waals surface area (Å²) in [5.41, 5.74) is 0.780. The second kappa shape index (κ2) is 15.1. The molecule has 1 rings (SSSR count). The fourth-order valence-electron chi connectivity index (χ4n) is 3.17. The van der Waals surface area contributed by atoms with E-state index in [4.69, 9.17) is 0 Å². The van der Waals surface area contributed by atoms with Crippen molar-refractivity contribution in [3.63, 3.8) is 0 Å². The van der Waals surface area contributed by atoms with Crippen molar-refractivity contribution < 1.29 is 15.0 Å². The number of benzene rings is 1. The van der Waals surface area contributed by atoms with Gasteiger partial charge in [0.15, 0.2) is 0 Å². The van der Waals surface area contributed by atoms with E-state index >= 15 is 0 Å². The zero-order valence-electron chi connectivity index (χ0n) is 16.8. The molecule has 27 heavy (non-hydrogen) atoms. The van der Waals surface area contributed by atoms with Crippen LogP contribution >= 0.6 is 0 Å². The van der Waals surface area contributed by atoms with Crippen LogP contribution in [0.5, 0.6) is 5.75 Å². The molecule has 0 radical (unpaired) electrons. The Hall–Kier alpha value is -2.03. The summed E-state index contributed by atoms with van der Waals surface area (Å²) in [4.78, 5) is 11.2. The first-order chi connectivity index (χ1) is 13.2. The van der Waals surface area contributed by atoms with E-state index in [0.717, 1.165) is 37.7 Å². The van der Waals surface area contributed by atoms with Crippen LogP contribution < -0.4 is 0 Å². The van der Waals surface area contributed by atoms with Gasteiger partial charge in [0, 0.05) is 0 Å². The highest BCUT2D eigenvalue weighted by atomic mass is 16.4. The lowest BCUT2D eigenvalue weighted by molar-refractivity contribution is 0.0692. The van der Waals surface area contributed by atoms with Crippen LogP contribution in [0, 0.1) is 0 Å². The highest BCUT2D eigenvalue weighted by molar-refractivity contribution is 5.92. The number of allylic oxidation sites excluding steroid dienone is 4. The largest absolute Gasteiger partial charge is 0.507 e. The standard InChI is InChI=1S/C24H36O3/c1-2-3-4-5-6-7-8-9-10-11-12-13-14-15-16-18-21-19-17-20-22(25)23(21)24(26)27/h7-8,10-11,17,19-20,25H,2-6,9,12-16,18H2,1H3,(H,26,27)/b8-7-,11-10-. The van der Waals surface area contributed by atoms with E-state index in [1.807, 2.05) is 0 Å². The van der Waals surface area contributed by atoms with Crippen LogP contribution in [-0.2, 0) is 6.42 Å². The third kappa shape index (κ3) is 10.6. The molecule has 3 heteroatoms. The second-order valence-electron chi connectivity index (χ2n) is 7.10. The molecule has 0 aliphatic carbocycles. The van der Waals surface area contributed by atoms with Gasteiger partial charge in [0.2, 0.25) is 0 Å². The lowest BCUT2D eigenvalue weighted by Gasteiger charge is -2.07. The van der Waals surface area contributed by atoms with E-state index in [2.05, 4.69) is 31.2 Å². The molecule has 0 fully saturated rings. The number of carbonyl (C=O) groups is 1. The Bertz CT molecular complexity index is 587. The SMILES string of the molecule is CCCCCC/C=C\C/C=C\CCCCCCc1cccc(O)c1C(=O)O. The normalized spacial score (nSPS) is 11.6. The monoisotopic (exact) mass is 372 g/mol. The van der Waals surface area contributed by atoms with E-state index in [9.17, 15) is 15.0 Å². The number of rotatable bonds is 15. The molecule has 0 saturated heterocycles. The van der Waals surface area contributed by atoms with Crippen molar-refractivity contribution in [3.05, 3.63) is 53.6 Å². The Morgan fingerprint density at radius 1 is 0.889 bits per heavy atom. The predicted molar refractivity (Wildman–Crippen MR) is 114 cm³/mol. The molecule has 0 bridgehead atoms. The molecule has 1 aromatic carbocycles. The molecule has 0 saturated carbocycles. The molecule has 0 atom stereocenters. The van der Waals surface area contributed by atoms with E-state index in [1.54, 1.807) is 12.1 Å². The lowest BCUT2D eigenvalue weighted by Crippen LogP contribution is -2.03. The van der Waals surface area contributed by atoms with Crippen LogP contribution in [0.4, 0.5) is 0 Å². The summed E-state index contributed by atoms with van der Waals surface area (Å²) in [6.07, 6.45) is 22.8. The van der Waals surface area contributed by atoms with Gasteiger partial charge >= 0.3 is 5.97 Å². The smallest absolute Gasteiger partial charge is 0.339 e. The van der Waals surface area contributed by atoms with E-state index in [0.29, 0.717) is 6.42 Å². The highest BCUT2D eigenvalue weighted by Crippen LogP contribution is 2.22. The minimum atomic E-state index is -1.05. The van der Waals surface area contributed by atoms with E-state index in [1.165, 1.54) is 44.6 Å². The van der Waals surface area contributed by atoms with Crippen molar-refractivity contribution in [2.75, 3.05) is 0 Å². The number of carboxylic acid groups (broad SMARTS) is 1. The van der Waals surface area contributed by atoms with Crippen LogP contribution in [0.2, 0.25) is 0 Å². The zero-order valence-corrected chi connectivity index (χ0v) is 16.8. The number of unbranched alkanes of at least 4 members (excludes halogenated alkanes) is 8. The van der Waals surface area contributed by atoms with Gasteiger partial charge < -0.3 is 10.2 Å². The summed E-state index contributed by atoms with van der Waals surface area (Å²) in [7, 11) is 0. The van der Waals surface area contributed by atoms with Crippen LogP contribution in [0.15, 0.2) is 42.5 Å². The molecule has 0 spiro atoms. The highest BCUT2D eigenvalue weighted by Gasteiger charge is 2.14. The third-order valence-electron chi connectivity index (χ3n) is 4.74. The molecular weight excluding hydrogens is 336 g/mol. The van der Waals surface area contributed by atoms with Crippen LogP contribution in [-0.4, -0.2) is 16.2 Å². The maximum Gasteiger partial charge on any atom is 0.339 e. The average molecular weight is 373 g/mol. The van der Waals surface area contributed by atoms with Crippen molar-refractivity contribution in [2.45, 2.75) is 84.0 Å². The minimum absolute atomic E-state index is 0.0545. The van der Waals surface area contributed by atoms with Gasteiger partial charge in [-0.15, -0.1) is 0 Å². The van der Waals surface area contributed by atoms with Crippen LogP contribution in [0.25, 0.3) is 0 Å². The van der Waals surface area contributed by atoms with Gasteiger partial charge in [0.05, 0.1) is 0 Å². The molecule has 0 heterocycles. The van der Waals surface area contributed by atoms with Gasteiger partial charge in [0.1, 0.15) is 11.3 Å². The van der Waals surface area contributed by atoms with Gasteiger partial charge in [-0.1, -0.05) is 75.5 Å². The Balaban J connectivity index is 2.06. The van der Waals surface area contributed by atoms with Crippen LogP contribution in [0.3, 0.4) is 0 Å². The van der Waals surface area contributed by atoms with Crippen molar-refractivity contribution in [1.29, 1.82) is 0 Å². The molecule has 2 N–H and O–H groups in total. The molecule has 0 unspecified atom stereocenters. The topological polar surface area (TPSA) is 57.5 Å². The van der Waals surface area contributed by atoms with E-state index in [-0.39, 0.29) is 11.3 Å². The van der Waals surface area contributed by atoms with Gasteiger partial charge in [-0.05, 0) is 56.6 Å². The average Bonchev–Trinajstić information content (AvgIpc) is 2.64. The first kappa shape index (κ1) is 23.0. The first-order valence-corrected chi connectivity index (χ1v) is 10.5. The maximum absolute atomic E-state index is 11.2. The summed E-state index contributed by atoms with van der Waals surface area (Å²) >= 11 is 0. The zero-order chi connectivity index (χ0) is 19.7. The van der Waals surface area contributed by atoms with Crippen molar-refractivity contribution in [3.8, 4) is 5.75 Å². The number of aryl methyl sites for hydroxylation is 1. The summed E-state index contributed by atoms with van der Waals surface area (Å²) in [5.74, 6) is -1.19. The van der Waals surface area contributed by atoms with Gasteiger partial charge in [-0.2, -0.15) is 0 Å². The number of aromatic carboxylic acids is 1. The maximum atomic E-state index is 11.2. The number of hydrogen-bond donors (Lipinski definition) is 2. The van der Waals surface area contributed by atoms with Gasteiger partial charge in [-0.25, -0.2) is 4.79 Å². The molecule has 3 nitrogen and oxygen atoms in total. The van der Waals surface area contributed by atoms with Gasteiger partial charge in [-0.3, -0.25) is 0 Å². The number of phenols is 1. The fraction of sp³-hybridized carbons (Fsp3) is 0.542. The number of carboxylic acids is 1. The molecule has 1 aromatic rings. The molecular formula is C24H36O3. The van der Waals surface area contributed by atoms with Gasteiger partial charge in [0.25, 0.3) is 0 Å². The molecule has 0 aliphatic rings. The molecule has 0 aromatic heterocycles. The first-order valence-electron chi connectivity index (χ1n) is 10.5. The third-order valence-corrected chi connectivity index (χ3v) is 4.74. The molecule has 0 amide bonds. The Labute approximate surface area is 164 Å². The molecule has 0 aliphatic heterocycles. The summed E-state index contributed by atoms with van der Waals surface area (Å²) in [5, 5.41) is 18.9. The quantitative estimate of drug-likeness (QED) is 0.256. The number of hydrogen-bond acceptors (Lipinski definition) is 2.